The quantitative estimate of drug-likeness (QED) is 0.915. The van der Waals surface area contributed by atoms with Gasteiger partial charge in [-0.05, 0) is 54.2 Å². The van der Waals surface area contributed by atoms with E-state index in [2.05, 4.69) is 23.5 Å². The molecule has 1 aliphatic carbocycles. The summed E-state index contributed by atoms with van der Waals surface area (Å²) in [4.78, 5) is 0. The van der Waals surface area contributed by atoms with Crippen molar-refractivity contribution in [3.8, 4) is 17.6 Å². The first-order valence-electron chi connectivity index (χ1n) is 8.45. The molecule has 0 radical (unpaired) electrons. The van der Waals surface area contributed by atoms with E-state index >= 15 is 0 Å². The van der Waals surface area contributed by atoms with E-state index in [0.29, 0.717) is 30.7 Å². The molecule has 0 spiro atoms. The third-order valence-electron chi connectivity index (χ3n) is 4.63. The third-order valence-corrected chi connectivity index (χ3v) is 4.63. The Balaban J connectivity index is 1.49. The maximum absolute atomic E-state index is 8.89. The molecule has 0 amide bonds. The van der Waals surface area contributed by atoms with Gasteiger partial charge in [0, 0.05) is 12.6 Å². The Kier molecular flexibility index (Phi) is 4.10. The lowest BCUT2D eigenvalue weighted by atomic mass is 10.0. The second kappa shape index (κ2) is 6.54. The highest BCUT2D eigenvalue weighted by atomic mass is 16.6. The summed E-state index contributed by atoms with van der Waals surface area (Å²) in [6.45, 7) is 2.03. The summed E-state index contributed by atoms with van der Waals surface area (Å²) in [5, 5.41) is 12.6. The van der Waals surface area contributed by atoms with E-state index in [1.165, 1.54) is 24.0 Å². The fourth-order valence-electron chi connectivity index (χ4n) is 3.16. The van der Waals surface area contributed by atoms with Crippen LogP contribution in [0.25, 0.3) is 0 Å². The molecule has 122 valence electrons. The van der Waals surface area contributed by atoms with E-state index in [1.807, 2.05) is 30.3 Å². The van der Waals surface area contributed by atoms with E-state index < -0.39 is 0 Å². The average molecular weight is 320 g/mol. The summed E-state index contributed by atoms with van der Waals surface area (Å²) in [6, 6.07) is 16.5. The van der Waals surface area contributed by atoms with E-state index in [0.717, 1.165) is 18.0 Å². The Bertz CT molecular complexity index is 760. The highest BCUT2D eigenvalue weighted by molar-refractivity contribution is 5.45. The van der Waals surface area contributed by atoms with E-state index in [9.17, 15) is 0 Å². The van der Waals surface area contributed by atoms with Crippen LogP contribution in [0.1, 0.15) is 35.6 Å². The number of nitrogens with zero attached hydrogens (tertiary/aromatic N) is 1. The molecule has 1 fully saturated rings. The summed E-state index contributed by atoms with van der Waals surface area (Å²) in [5.74, 6) is 2.38. The number of nitrogens with one attached hydrogen (secondary N) is 1. The first kappa shape index (κ1) is 15.0. The zero-order chi connectivity index (χ0) is 16.4. The number of rotatable bonds is 5. The SMILES string of the molecule is N#Cc1ccc(CNC(c2ccc3c(c2)OCCO3)C2CC2)cc1. The predicted octanol–water partition coefficient (Wildman–Crippen LogP) is 3.57. The highest BCUT2D eigenvalue weighted by Crippen LogP contribution is 2.43. The molecule has 4 nitrogen and oxygen atoms in total. The van der Waals surface area contributed by atoms with Gasteiger partial charge in [-0.2, -0.15) is 5.26 Å². The Morgan fingerprint density at radius 2 is 1.79 bits per heavy atom. The molecule has 4 rings (SSSR count). The Morgan fingerprint density at radius 3 is 2.50 bits per heavy atom. The lowest BCUT2D eigenvalue weighted by Gasteiger charge is -2.23. The second-order valence-electron chi connectivity index (χ2n) is 6.41. The van der Waals surface area contributed by atoms with Crippen LogP contribution in [0, 0.1) is 17.2 Å². The van der Waals surface area contributed by atoms with Gasteiger partial charge in [-0.1, -0.05) is 18.2 Å². The Labute approximate surface area is 142 Å². The van der Waals surface area contributed by atoms with Gasteiger partial charge in [-0.3, -0.25) is 0 Å². The number of benzene rings is 2. The predicted molar refractivity (Wildman–Crippen MR) is 90.9 cm³/mol. The number of fused-ring (bicyclic) bond motifs is 1. The van der Waals surface area contributed by atoms with Gasteiger partial charge in [0.2, 0.25) is 0 Å². The summed E-state index contributed by atoms with van der Waals surface area (Å²) < 4.78 is 11.3. The van der Waals surface area contributed by atoms with Crippen LogP contribution in [-0.2, 0) is 6.54 Å². The number of hydrogen-bond donors (Lipinski definition) is 1. The minimum absolute atomic E-state index is 0.330. The molecule has 24 heavy (non-hydrogen) atoms. The number of ether oxygens (including phenoxy) is 2. The van der Waals surface area contributed by atoms with Gasteiger partial charge >= 0.3 is 0 Å². The van der Waals surface area contributed by atoms with Crippen molar-refractivity contribution in [1.29, 1.82) is 5.26 Å². The molecule has 2 aliphatic rings. The lowest BCUT2D eigenvalue weighted by Crippen LogP contribution is -2.23. The smallest absolute Gasteiger partial charge is 0.161 e. The van der Waals surface area contributed by atoms with Crippen molar-refractivity contribution < 1.29 is 9.47 Å². The summed E-state index contributed by atoms with van der Waals surface area (Å²) >= 11 is 0. The molecular formula is C20H20N2O2. The molecule has 1 atom stereocenters. The van der Waals surface area contributed by atoms with E-state index in [4.69, 9.17) is 14.7 Å². The molecule has 0 saturated heterocycles. The molecule has 1 aliphatic heterocycles. The average Bonchev–Trinajstić information content (AvgIpc) is 3.47. The van der Waals surface area contributed by atoms with Crippen molar-refractivity contribution in [3.63, 3.8) is 0 Å². The summed E-state index contributed by atoms with van der Waals surface area (Å²) in [5.41, 5.74) is 3.15. The van der Waals surface area contributed by atoms with Crippen LogP contribution >= 0.6 is 0 Å². The number of nitriles is 1. The van der Waals surface area contributed by atoms with Gasteiger partial charge in [0.1, 0.15) is 13.2 Å². The fourth-order valence-corrected chi connectivity index (χ4v) is 3.16. The van der Waals surface area contributed by atoms with Crippen LogP contribution in [-0.4, -0.2) is 13.2 Å². The minimum Gasteiger partial charge on any atom is -0.486 e. The van der Waals surface area contributed by atoms with Crippen molar-refractivity contribution in [1.82, 2.24) is 5.32 Å². The van der Waals surface area contributed by atoms with Gasteiger partial charge in [0.15, 0.2) is 11.5 Å². The first-order chi connectivity index (χ1) is 11.8. The van der Waals surface area contributed by atoms with Gasteiger partial charge in [-0.25, -0.2) is 0 Å². The second-order valence-corrected chi connectivity index (χ2v) is 6.41. The van der Waals surface area contributed by atoms with Crippen molar-refractivity contribution in [3.05, 3.63) is 59.2 Å². The molecular weight excluding hydrogens is 300 g/mol. The summed E-state index contributed by atoms with van der Waals surface area (Å²) in [7, 11) is 0. The van der Waals surface area contributed by atoms with Crippen LogP contribution in [0.4, 0.5) is 0 Å². The van der Waals surface area contributed by atoms with Crippen molar-refractivity contribution >= 4 is 0 Å². The zero-order valence-corrected chi connectivity index (χ0v) is 13.5. The number of hydrogen-bond acceptors (Lipinski definition) is 4. The maximum Gasteiger partial charge on any atom is 0.161 e. The molecule has 4 heteroatoms. The van der Waals surface area contributed by atoms with Gasteiger partial charge in [0.05, 0.1) is 11.6 Å². The van der Waals surface area contributed by atoms with Crippen LogP contribution in [0.2, 0.25) is 0 Å². The molecule has 2 aromatic rings. The third kappa shape index (κ3) is 3.22. The molecule has 0 bridgehead atoms. The van der Waals surface area contributed by atoms with Crippen molar-refractivity contribution in [2.75, 3.05) is 13.2 Å². The zero-order valence-electron chi connectivity index (χ0n) is 13.5. The first-order valence-corrected chi connectivity index (χ1v) is 8.45. The van der Waals surface area contributed by atoms with E-state index in [1.54, 1.807) is 0 Å². The van der Waals surface area contributed by atoms with Crippen molar-refractivity contribution in [2.45, 2.75) is 25.4 Å². The van der Waals surface area contributed by atoms with Gasteiger partial charge < -0.3 is 14.8 Å². The van der Waals surface area contributed by atoms with Crippen LogP contribution in [0.5, 0.6) is 11.5 Å². The van der Waals surface area contributed by atoms with Gasteiger partial charge in [0.25, 0.3) is 0 Å². The molecule has 1 N–H and O–H groups in total. The van der Waals surface area contributed by atoms with Gasteiger partial charge in [-0.15, -0.1) is 0 Å². The van der Waals surface area contributed by atoms with Crippen molar-refractivity contribution in [2.24, 2.45) is 5.92 Å². The Morgan fingerprint density at radius 1 is 1.04 bits per heavy atom. The largest absolute Gasteiger partial charge is 0.486 e. The topological polar surface area (TPSA) is 54.3 Å². The standard InChI is InChI=1S/C20H20N2O2/c21-12-14-1-3-15(4-2-14)13-22-20(16-5-6-16)17-7-8-18-19(11-17)24-10-9-23-18/h1-4,7-8,11,16,20,22H,5-6,9-10,13H2. The maximum atomic E-state index is 8.89. The Hall–Kier alpha value is -2.51. The lowest BCUT2D eigenvalue weighted by molar-refractivity contribution is 0.171. The van der Waals surface area contributed by atoms with Crippen LogP contribution in [0.15, 0.2) is 42.5 Å². The monoisotopic (exact) mass is 320 g/mol. The molecule has 0 aromatic heterocycles. The normalized spacial score (nSPS) is 17.1. The van der Waals surface area contributed by atoms with E-state index in [-0.39, 0.29) is 0 Å². The molecule has 1 unspecified atom stereocenters. The fraction of sp³-hybridized carbons (Fsp3) is 0.350. The van der Waals surface area contributed by atoms with Crippen LogP contribution in [0.3, 0.4) is 0 Å². The van der Waals surface area contributed by atoms with Crippen LogP contribution < -0.4 is 14.8 Å². The molecule has 1 heterocycles. The molecule has 1 saturated carbocycles. The highest BCUT2D eigenvalue weighted by Gasteiger charge is 2.32. The molecule has 2 aromatic carbocycles. The summed E-state index contributed by atoms with van der Waals surface area (Å²) in [6.07, 6.45) is 2.53. The minimum atomic E-state index is 0.330.